The summed E-state index contributed by atoms with van der Waals surface area (Å²) in [5.74, 6) is 2.39. The number of carbonyl (C=O) groups excluding carboxylic acids is 2. The summed E-state index contributed by atoms with van der Waals surface area (Å²) >= 11 is 6.27. The van der Waals surface area contributed by atoms with Gasteiger partial charge < -0.3 is 29.7 Å². The standard InChI is InChI=1S/C52H59ClF2N12O3/c1-30(68)64-15-13-42-39(27-64)46(66-14-7-8-32-16-37(34-22-57-62(6)26-34)38(45(54)55)18-43(32)66)61-67(42)35-19-52(20-35)28-63(29-52)23-31-24-65(25-31)44-12-11-41(59-60-44)47(69)58-48-50(2,3)49(51(48,4)5)70-36-10-9-33(21-56)40(53)17-36/h9-12,16-18,22,26,31,35,45,48-49H,7-8,13-15,19-20,23-25,27-29H2,1-6H3,(H,58,69). The number of carbonyl (C=O) groups is 2. The van der Waals surface area contributed by atoms with Gasteiger partial charge in [-0.05, 0) is 78.6 Å². The Morgan fingerprint density at radius 3 is 2.44 bits per heavy atom. The van der Waals surface area contributed by atoms with Crippen molar-refractivity contribution in [2.75, 3.05) is 55.6 Å². The van der Waals surface area contributed by atoms with Crippen molar-refractivity contribution in [1.29, 1.82) is 5.26 Å². The van der Waals surface area contributed by atoms with Crippen molar-refractivity contribution in [2.24, 2.45) is 29.2 Å². The van der Waals surface area contributed by atoms with Crippen LogP contribution in [0.4, 0.5) is 26.1 Å². The molecule has 4 aliphatic heterocycles. The Labute approximate surface area is 411 Å². The second kappa shape index (κ2) is 17.0. The van der Waals surface area contributed by atoms with Gasteiger partial charge in [-0.1, -0.05) is 39.3 Å². The highest BCUT2D eigenvalue weighted by Gasteiger charge is 2.64. The molecule has 7 heterocycles. The maximum Gasteiger partial charge on any atom is 0.272 e. The van der Waals surface area contributed by atoms with Crippen molar-refractivity contribution in [3.05, 3.63) is 93.5 Å². The van der Waals surface area contributed by atoms with Crippen LogP contribution in [0, 0.1) is 33.5 Å². The number of aryl methyl sites for hydroxylation is 2. The third-order valence-electron chi connectivity index (χ3n) is 16.3. The number of nitrogens with zero attached hydrogens (tertiary/aromatic N) is 11. The Hall–Kier alpha value is -6.12. The fourth-order valence-electron chi connectivity index (χ4n) is 13.1. The van der Waals surface area contributed by atoms with Crippen LogP contribution in [0.2, 0.25) is 5.02 Å². The van der Waals surface area contributed by atoms with Gasteiger partial charge in [-0.3, -0.25) is 19.0 Å². The minimum atomic E-state index is -2.66. The topological polar surface area (TPSA) is 154 Å². The van der Waals surface area contributed by atoms with E-state index in [1.54, 1.807) is 61.4 Å². The van der Waals surface area contributed by atoms with E-state index in [2.05, 4.69) is 73.8 Å². The van der Waals surface area contributed by atoms with Crippen molar-refractivity contribution in [2.45, 2.75) is 97.9 Å². The van der Waals surface area contributed by atoms with E-state index in [0.717, 1.165) is 86.9 Å². The maximum absolute atomic E-state index is 14.7. The number of nitrogens with one attached hydrogen (secondary N) is 1. The highest BCUT2D eigenvalue weighted by atomic mass is 35.5. The number of nitriles is 1. The second-order valence-corrected chi connectivity index (χ2v) is 22.4. The number of aromatic nitrogens is 6. The molecule has 1 spiro atoms. The van der Waals surface area contributed by atoms with Crippen LogP contribution in [-0.4, -0.2) is 109 Å². The zero-order valence-electron chi connectivity index (χ0n) is 40.6. The van der Waals surface area contributed by atoms with Crippen LogP contribution in [0.5, 0.6) is 5.75 Å². The monoisotopic (exact) mass is 972 g/mol. The zero-order valence-corrected chi connectivity index (χ0v) is 41.3. The van der Waals surface area contributed by atoms with Crippen LogP contribution in [0.15, 0.2) is 54.9 Å². The Bertz CT molecular complexity index is 2910. The summed E-state index contributed by atoms with van der Waals surface area (Å²) in [7, 11) is 1.79. The molecule has 4 fully saturated rings. The first-order valence-electron chi connectivity index (χ1n) is 24.5. The molecule has 2 aliphatic carbocycles. The van der Waals surface area contributed by atoms with Crippen LogP contribution in [-0.2, 0) is 31.2 Å². The predicted octanol–water partition coefficient (Wildman–Crippen LogP) is 7.91. The molecule has 15 nitrogen and oxygen atoms in total. The van der Waals surface area contributed by atoms with Gasteiger partial charge in [-0.2, -0.15) is 15.5 Å². The minimum Gasteiger partial charge on any atom is -0.489 e. The van der Waals surface area contributed by atoms with E-state index in [1.807, 2.05) is 17.0 Å². The first kappa shape index (κ1) is 46.3. The molecule has 0 unspecified atom stereocenters. The van der Waals surface area contributed by atoms with Crippen molar-refractivity contribution in [3.63, 3.8) is 0 Å². The summed E-state index contributed by atoms with van der Waals surface area (Å²) in [6.45, 7) is 16.5. The van der Waals surface area contributed by atoms with Crippen molar-refractivity contribution in [1.82, 2.24) is 44.9 Å². The highest BCUT2D eigenvalue weighted by Crippen LogP contribution is 2.57. The Kier molecular flexibility index (Phi) is 11.3. The molecule has 0 atom stereocenters. The average molecular weight is 974 g/mol. The molecule has 5 aromatic rings. The average Bonchev–Trinajstić information content (AvgIpc) is 3.90. The van der Waals surface area contributed by atoms with Crippen LogP contribution < -0.4 is 19.9 Å². The van der Waals surface area contributed by atoms with Crippen molar-refractivity contribution in [3.8, 4) is 22.9 Å². The third-order valence-corrected chi connectivity index (χ3v) is 16.6. The molecule has 0 radical (unpaired) electrons. The smallest absolute Gasteiger partial charge is 0.272 e. The lowest BCUT2D eigenvalue weighted by Crippen LogP contribution is -2.74. The van der Waals surface area contributed by atoms with E-state index in [-0.39, 0.29) is 46.7 Å². The van der Waals surface area contributed by atoms with Crippen LogP contribution in [0.1, 0.15) is 105 Å². The Morgan fingerprint density at radius 1 is 1.01 bits per heavy atom. The summed E-state index contributed by atoms with van der Waals surface area (Å²) < 4.78 is 39.8. The number of ether oxygens (including phenoxy) is 1. The Morgan fingerprint density at radius 2 is 1.79 bits per heavy atom. The first-order chi connectivity index (χ1) is 33.4. The molecule has 1 N–H and O–H groups in total. The number of alkyl halides is 2. The Balaban J connectivity index is 0.691. The molecule has 11 rings (SSSR count). The van der Waals surface area contributed by atoms with Gasteiger partial charge in [-0.15, -0.1) is 10.2 Å². The van der Waals surface area contributed by atoms with Crippen molar-refractivity contribution >= 4 is 40.7 Å². The predicted molar refractivity (Wildman–Crippen MR) is 260 cm³/mol. The lowest BCUT2D eigenvalue weighted by atomic mass is 9.49. The van der Waals surface area contributed by atoms with Crippen molar-refractivity contribution < 1.29 is 23.1 Å². The van der Waals surface area contributed by atoms with Gasteiger partial charge in [0.25, 0.3) is 12.3 Å². The number of halogens is 3. The number of rotatable bonds is 11. The van der Waals surface area contributed by atoms with E-state index in [4.69, 9.17) is 21.4 Å². The van der Waals surface area contributed by atoms with Gasteiger partial charge in [0.1, 0.15) is 17.9 Å². The summed E-state index contributed by atoms with van der Waals surface area (Å²) in [6.07, 6.45) is 4.99. The fraction of sp³-hybridized carbons (Fsp3) is 0.519. The first-order valence-corrected chi connectivity index (χ1v) is 24.8. The van der Waals surface area contributed by atoms with Gasteiger partial charge in [0.05, 0.1) is 29.4 Å². The van der Waals surface area contributed by atoms with Gasteiger partial charge in [0.2, 0.25) is 5.91 Å². The lowest BCUT2D eigenvalue weighted by molar-refractivity contribution is -0.164. The summed E-state index contributed by atoms with van der Waals surface area (Å²) in [6, 6.07) is 14.4. The summed E-state index contributed by atoms with van der Waals surface area (Å²) in [4.78, 5) is 34.9. The molecule has 2 saturated heterocycles. The molecule has 18 heteroatoms. The quantitative estimate of drug-likeness (QED) is 0.137. The molecule has 70 heavy (non-hydrogen) atoms. The van der Waals surface area contributed by atoms with Crippen LogP contribution in [0.3, 0.4) is 0 Å². The molecular weight excluding hydrogens is 914 g/mol. The zero-order chi connectivity index (χ0) is 49.0. The molecule has 2 aromatic carbocycles. The summed E-state index contributed by atoms with van der Waals surface area (Å²) in [5, 5.41) is 31.2. The normalized spacial score (nSPS) is 22.3. The molecule has 3 aromatic heterocycles. The van der Waals surface area contributed by atoms with Gasteiger partial charge in [0, 0.05) is 129 Å². The molecule has 2 saturated carbocycles. The maximum atomic E-state index is 14.7. The van der Waals surface area contributed by atoms with Gasteiger partial charge >= 0.3 is 0 Å². The molecule has 0 bridgehead atoms. The van der Waals surface area contributed by atoms with Gasteiger partial charge in [-0.25, -0.2) is 8.78 Å². The van der Waals surface area contributed by atoms with E-state index >= 15 is 0 Å². The molecule has 366 valence electrons. The van der Waals surface area contributed by atoms with Crippen LogP contribution >= 0.6 is 11.6 Å². The largest absolute Gasteiger partial charge is 0.489 e. The fourth-order valence-corrected chi connectivity index (χ4v) is 13.3. The lowest BCUT2D eigenvalue weighted by Gasteiger charge is -2.63. The van der Waals surface area contributed by atoms with Crippen LogP contribution in [0.25, 0.3) is 11.1 Å². The number of hydrogen-bond acceptors (Lipinski definition) is 11. The number of hydrogen-bond donors (Lipinski definition) is 1. The summed E-state index contributed by atoms with van der Waals surface area (Å²) in [5.41, 5.74) is 5.29. The minimum absolute atomic E-state index is 0.0129. The number of benzene rings is 2. The van der Waals surface area contributed by atoms with E-state index in [0.29, 0.717) is 59.4 Å². The highest BCUT2D eigenvalue weighted by molar-refractivity contribution is 6.31. The van der Waals surface area contributed by atoms with E-state index in [1.165, 1.54) is 5.69 Å². The van der Waals surface area contributed by atoms with E-state index in [9.17, 15) is 23.6 Å². The number of likely N-dealkylation sites (tertiary alicyclic amines) is 1. The molecular formula is C52H59ClF2N12O3. The molecule has 2 amide bonds. The van der Waals surface area contributed by atoms with Gasteiger partial charge in [0.15, 0.2) is 17.3 Å². The number of anilines is 3. The third kappa shape index (κ3) is 7.85. The van der Waals surface area contributed by atoms with E-state index < -0.39 is 17.3 Å². The second-order valence-electron chi connectivity index (χ2n) is 22.0. The number of fused-ring (bicyclic) bond motifs is 2. The SMILES string of the molecule is CC(=O)N1CCc2c(c(N3CCCc4cc(-c5cnn(C)c5)c(C(F)F)cc43)nn2C2CC3(C2)CN(CC2CN(c4ccc(C(=O)NC5C(C)(C)C(Oc6ccc(C#N)c(Cl)c6)C5(C)C)nn4)C2)C3)C1. The number of amides is 2. The molecule has 6 aliphatic rings.